The number of aliphatic hydroxyl groups is 1. The summed E-state index contributed by atoms with van der Waals surface area (Å²) in [4.78, 5) is 5.29. The van der Waals surface area contributed by atoms with E-state index >= 15 is 0 Å². The Kier molecular flexibility index (Phi) is 7.55. The number of nitrogens with zero attached hydrogens (tertiary/aromatic N) is 2. The van der Waals surface area contributed by atoms with E-state index in [9.17, 15) is 31.4 Å². The van der Waals surface area contributed by atoms with Crippen molar-refractivity contribution < 1.29 is 40.9 Å². The van der Waals surface area contributed by atoms with Crippen LogP contribution in [0.1, 0.15) is 11.3 Å². The van der Waals surface area contributed by atoms with Gasteiger partial charge in [-0.1, -0.05) is 18.2 Å². The first-order chi connectivity index (χ1) is 15.9. The van der Waals surface area contributed by atoms with E-state index in [4.69, 9.17) is 4.74 Å². The molecular weight excluding hydrogens is 466 g/mol. The van der Waals surface area contributed by atoms with Gasteiger partial charge in [0.05, 0.1) is 12.7 Å². The lowest BCUT2D eigenvalue weighted by Crippen LogP contribution is -2.40. The van der Waals surface area contributed by atoms with Crippen molar-refractivity contribution in [3.63, 3.8) is 0 Å². The van der Waals surface area contributed by atoms with Crippen LogP contribution < -0.4 is 14.4 Å². The Hall–Kier alpha value is -3.47. The number of anilines is 1. The number of benzene rings is 2. The van der Waals surface area contributed by atoms with Crippen molar-refractivity contribution in [3.05, 3.63) is 78.1 Å². The van der Waals surface area contributed by atoms with Gasteiger partial charge in [-0.15, -0.1) is 13.2 Å². The fourth-order valence-electron chi connectivity index (χ4n) is 3.03. The fraction of sp³-hybridized carbons (Fsp3) is 0.261. The molecule has 0 aliphatic heterocycles. The largest absolute Gasteiger partial charge is 0.573 e. The monoisotopic (exact) mass is 486 g/mol. The summed E-state index contributed by atoms with van der Waals surface area (Å²) in [5, 5.41) is 9.65. The second kappa shape index (κ2) is 10.2. The Morgan fingerprint density at radius 3 is 2.26 bits per heavy atom. The summed E-state index contributed by atoms with van der Waals surface area (Å²) in [6, 6.07) is 14.4. The zero-order valence-electron chi connectivity index (χ0n) is 17.8. The van der Waals surface area contributed by atoms with Crippen molar-refractivity contribution in [3.8, 4) is 17.2 Å². The van der Waals surface area contributed by atoms with Gasteiger partial charge in [0.1, 0.15) is 17.2 Å². The number of halogens is 6. The third-order valence-electron chi connectivity index (χ3n) is 4.58. The van der Waals surface area contributed by atoms with E-state index in [0.29, 0.717) is 11.5 Å². The second-order valence-electron chi connectivity index (χ2n) is 7.37. The molecule has 34 heavy (non-hydrogen) atoms. The molecular formula is C23H20F6N2O3. The predicted octanol–water partition coefficient (Wildman–Crippen LogP) is 6.01. The van der Waals surface area contributed by atoms with Gasteiger partial charge in [0.15, 0.2) is 6.10 Å². The average molecular weight is 486 g/mol. The maximum absolute atomic E-state index is 13.1. The third kappa shape index (κ3) is 7.55. The number of alkyl halides is 6. The number of aromatic nitrogens is 1. The normalized spacial score (nSPS) is 12.8. The molecule has 0 aliphatic carbocycles. The number of ether oxygens (including phenoxy) is 2. The summed E-state index contributed by atoms with van der Waals surface area (Å²) in [7, 11) is 0. The van der Waals surface area contributed by atoms with Gasteiger partial charge in [-0.3, -0.25) is 4.98 Å². The maximum atomic E-state index is 13.1. The van der Waals surface area contributed by atoms with Crippen LogP contribution in [-0.2, 0) is 6.54 Å². The van der Waals surface area contributed by atoms with Crippen LogP contribution in [0, 0.1) is 6.92 Å². The molecule has 1 atom stereocenters. The zero-order chi connectivity index (χ0) is 24.9. The van der Waals surface area contributed by atoms with Crippen molar-refractivity contribution in [2.45, 2.75) is 32.1 Å². The summed E-state index contributed by atoms with van der Waals surface area (Å²) in [6.07, 6.45) is -11.0. The lowest BCUT2D eigenvalue weighted by Gasteiger charge is -2.29. The highest BCUT2D eigenvalue weighted by Gasteiger charge is 2.39. The summed E-state index contributed by atoms with van der Waals surface area (Å²) < 4.78 is 86.4. The standard InChI is InChI=1S/C23H20F6N2O3/c1-15-8-9-20(12-30-15)33-18-6-3-5-17(11-18)31(14-21(32)22(24,25)26)13-16-4-2-7-19(10-16)34-23(27,28)29/h2-12,21,32H,13-14H2,1H3. The molecule has 0 radical (unpaired) electrons. The van der Waals surface area contributed by atoms with Gasteiger partial charge in [-0.2, -0.15) is 13.2 Å². The van der Waals surface area contributed by atoms with Crippen LogP contribution in [0.5, 0.6) is 17.2 Å². The van der Waals surface area contributed by atoms with E-state index in [2.05, 4.69) is 9.72 Å². The minimum absolute atomic E-state index is 0.238. The van der Waals surface area contributed by atoms with Crippen molar-refractivity contribution in [1.82, 2.24) is 4.98 Å². The number of hydrogen-bond acceptors (Lipinski definition) is 5. The first kappa shape index (κ1) is 25.2. The Morgan fingerprint density at radius 2 is 1.62 bits per heavy atom. The van der Waals surface area contributed by atoms with E-state index < -0.39 is 30.9 Å². The Morgan fingerprint density at radius 1 is 0.912 bits per heavy atom. The van der Waals surface area contributed by atoms with Crippen LogP contribution in [0.3, 0.4) is 0 Å². The van der Waals surface area contributed by atoms with Gasteiger partial charge in [-0.25, -0.2) is 0 Å². The molecule has 3 aromatic rings. The van der Waals surface area contributed by atoms with Gasteiger partial charge in [0, 0.05) is 24.0 Å². The molecule has 2 aromatic carbocycles. The molecule has 0 saturated carbocycles. The fourth-order valence-corrected chi connectivity index (χ4v) is 3.03. The predicted molar refractivity (Wildman–Crippen MR) is 112 cm³/mol. The van der Waals surface area contributed by atoms with Gasteiger partial charge in [0.2, 0.25) is 0 Å². The molecule has 0 amide bonds. The van der Waals surface area contributed by atoms with Crippen molar-refractivity contribution in [2.24, 2.45) is 0 Å². The molecule has 1 unspecified atom stereocenters. The number of pyridine rings is 1. The quantitative estimate of drug-likeness (QED) is 0.395. The molecule has 1 heterocycles. The molecule has 0 saturated heterocycles. The Balaban J connectivity index is 1.87. The van der Waals surface area contributed by atoms with Gasteiger partial charge < -0.3 is 19.5 Å². The first-order valence-electron chi connectivity index (χ1n) is 9.94. The number of aliphatic hydroxyl groups excluding tert-OH is 1. The Bertz CT molecular complexity index is 1090. The maximum Gasteiger partial charge on any atom is 0.573 e. The van der Waals surface area contributed by atoms with Gasteiger partial charge in [0.25, 0.3) is 0 Å². The molecule has 3 rings (SSSR count). The number of hydrogen-bond donors (Lipinski definition) is 1. The molecule has 5 nitrogen and oxygen atoms in total. The van der Waals surface area contributed by atoms with Crippen LogP contribution in [0.2, 0.25) is 0 Å². The van der Waals surface area contributed by atoms with E-state index in [0.717, 1.165) is 17.8 Å². The number of aryl methyl sites for hydroxylation is 1. The zero-order valence-corrected chi connectivity index (χ0v) is 17.8. The van der Waals surface area contributed by atoms with Crippen LogP contribution in [-0.4, -0.2) is 35.3 Å². The first-order valence-corrected chi connectivity index (χ1v) is 9.94. The topological polar surface area (TPSA) is 54.8 Å². The third-order valence-corrected chi connectivity index (χ3v) is 4.58. The van der Waals surface area contributed by atoms with Crippen molar-refractivity contribution >= 4 is 5.69 Å². The summed E-state index contributed by atoms with van der Waals surface area (Å²) in [5.74, 6) is 0.190. The lowest BCUT2D eigenvalue weighted by molar-refractivity contribution is -0.274. The molecule has 1 N–H and O–H groups in total. The number of rotatable bonds is 8. The van der Waals surface area contributed by atoms with E-state index in [-0.39, 0.29) is 17.8 Å². The van der Waals surface area contributed by atoms with Crippen molar-refractivity contribution in [2.75, 3.05) is 11.4 Å². The minimum atomic E-state index is -4.92. The lowest BCUT2D eigenvalue weighted by atomic mass is 10.1. The molecule has 11 heteroatoms. The van der Waals surface area contributed by atoms with Gasteiger partial charge >= 0.3 is 12.5 Å². The summed E-state index contributed by atoms with van der Waals surface area (Å²) >= 11 is 0. The highest BCUT2D eigenvalue weighted by molar-refractivity contribution is 5.52. The smallest absolute Gasteiger partial charge is 0.456 e. The van der Waals surface area contributed by atoms with Crippen LogP contribution >= 0.6 is 0 Å². The van der Waals surface area contributed by atoms with E-state index in [1.54, 1.807) is 31.2 Å². The minimum Gasteiger partial charge on any atom is -0.456 e. The van der Waals surface area contributed by atoms with Crippen LogP contribution in [0.15, 0.2) is 66.9 Å². The summed E-state index contributed by atoms with van der Waals surface area (Å²) in [6.45, 7) is 0.699. The molecule has 0 spiro atoms. The molecule has 1 aromatic heterocycles. The SMILES string of the molecule is Cc1ccc(Oc2cccc(N(Cc3cccc(OC(F)(F)F)c3)CC(O)C(F)(F)F)c2)cn1. The Labute approximate surface area is 191 Å². The highest BCUT2D eigenvalue weighted by atomic mass is 19.4. The summed E-state index contributed by atoms with van der Waals surface area (Å²) in [5.41, 5.74) is 1.26. The second-order valence-corrected chi connectivity index (χ2v) is 7.37. The molecule has 0 fully saturated rings. The molecule has 182 valence electrons. The van der Waals surface area contributed by atoms with Crippen LogP contribution in [0.4, 0.5) is 32.0 Å². The average Bonchev–Trinajstić information content (AvgIpc) is 2.73. The highest BCUT2D eigenvalue weighted by Crippen LogP contribution is 2.30. The van der Waals surface area contributed by atoms with E-state index in [1.165, 1.54) is 35.4 Å². The molecule has 0 bridgehead atoms. The van der Waals surface area contributed by atoms with Gasteiger partial charge in [-0.05, 0) is 48.9 Å². The van der Waals surface area contributed by atoms with Crippen LogP contribution in [0.25, 0.3) is 0 Å². The van der Waals surface area contributed by atoms with E-state index in [1.807, 2.05) is 0 Å². The molecule has 0 aliphatic rings. The van der Waals surface area contributed by atoms with Crippen molar-refractivity contribution in [1.29, 1.82) is 0 Å².